The second-order valence-electron chi connectivity index (χ2n) is 9.74. The van der Waals surface area contributed by atoms with Crippen LogP contribution in [0.5, 0.6) is 0 Å². The minimum absolute atomic E-state index is 1.09. The number of hydrogen-bond donors (Lipinski definition) is 0. The lowest BCUT2D eigenvalue weighted by molar-refractivity contribution is 1.30. The van der Waals surface area contributed by atoms with Crippen LogP contribution in [0.4, 0.5) is 0 Å². The average molecular weight is 440 g/mol. The number of fused-ring (bicyclic) bond motifs is 3. The molecule has 0 N–H and O–H groups in total. The van der Waals surface area contributed by atoms with Crippen molar-refractivity contribution in [3.05, 3.63) is 85.1 Å². The molecule has 5 rings (SSSR count). The van der Waals surface area contributed by atoms with Gasteiger partial charge in [0.25, 0.3) is 0 Å². The van der Waals surface area contributed by atoms with Crippen molar-refractivity contribution < 1.29 is 0 Å². The normalized spacial score (nSPS) is 15.3. The smallest absolute Gasteiger partial charge is 0.0804 e. The molecule has 0 aliphatic carbocycles. The van der Waals surface area contributed by atoms with Gasteiger partial charge in [-0.3, -0.25) is 4.98 Å². The highest BCUT2D eigenvalue weighted by Gasteiger charge is 2.34. The fraction of sp³-hybridized carbons (Fsp3) is 0.179. The Bertz CT molecular complexity index is 1290. The third-order valence-electron chi connectivity index (χ3n) is 6.33. The maximum absolute atomic E-state index is 5.06. The van der Waals surface area contributed by atoms with Gasteiger partial charge < -0.3 is 0 Å². The van der Waals surface area contributed by atoms with Crippen LogP contribution in [0.1, 0.15) is 0 Å². The molecule has 3 aromatic carbocycles. The number of nitrogens with zero attached hydrogens (tertiary/aromatic N) is 1. The van der Waals surface area contributed by atoms with E-state index in [4.69, 9.17) is 4.98 Å². The summed E-state index contributed by atoms with van der Waals surface area (Å²) in [5, 5.41) is 1.42. The molecule has 1 aliphatic rings. The van der Waals surface area contributed by atoms with Crippen LogP contribution in [0.15, 0.2) is 94.9 Å². The summed E-state index contributed by atoms with van der Waals surface area (Å²) in [6, 6.07) is 28.8. The summed E-state index contributed by atoms with van der Waals surface area (Å²) in [5.41, 5.74) is 7.77. The average Bonchev–Trinajstić information content (AvgIpc) is 3.01. The molecule has 0 saturated carbocycles. The van der Waals surface area contributed by atoms with Crippen LogP contribution in [-0.4, -0.2) is 25.6 Å². The van der Waals surface area contributed by atoms with E-state index < -0.39 is 18.1 Å². The molecule has 0 saturated heterocycles. The number of rotatable bonds is 3. The van der Waals surface area contributed by atoms with E-state index in [1.807, 2.05) is 0 Å². The molecule has 2 heterocycles. The molecular weight excluding hydrogens is 410 g/mol. The lowest BCUT2D eigenvalue weighted by Crippen LogP contribution is -2.39. The van der Waals surface area contributed by atoms with Gasteiger partial charge in [0.2, 0.25) is 0 Å². The molecule has 31 heavy (non-hydrogen) atoms. The molecule has 1 aliphatic heterocycles. The SMILES string of the molecule is C[Si](C)(C)c1cnc(-c2cccc3c2S(C)(C)c2ccccc2-3)cc1-c1ccccc1. The topological polar surface area (TPSA) is 12.9 Å². The Morgan fingerprint density at radius 1 is 0.677 bits per heavy atom. The van der Waals surface area contributed by atoms with Crippen molar-refractivity contribution in [1.82, 2.24) is 4.98 Å². The van der Waals surface area contributed by atoms with E-state index >= 15 is 0 Å². The first-order valence-corrected chi connectivity index (χ1v) is 16.8. The lowest BCUT2D eigenvalue weighted by Gasteiger charge is -2.30. The van der Waals surface area contributed by atoms with Gasteiger partial charge >= 0.3 is 0 Å². The van der Waals surface area contributed by atoms with E-state index in [9.17, 15) is 0 Å². The highest BCUT2D eigenvalue weighted by Crippen LogP contribution is 2.69. The van der Waals surface area contributed by atoms with Crippen LogP contribution in [0.3, 0.4) is 0 Å². The Morgan fingerprint density at radius 2 is 1.32 bits per heavy atom. The predicted octanol–water partition coefficient (Wildman–Crippen LogP) is 7.42. The van der Waals surface area contributed by atoms with Crippen molar-refractivity contribution in [3.8, 4) is 33.5 Å². The molecule has 0 fully saturated rings. The zero-order valence-corrected chi connectivity index (χ0v) is 20.8. The van der Waals surface area contributed by atoms with Crippen molar-refractivity contribution in [2.24, 2.45) is 0 Å². The molecule has 0 radical (unpaired) electrons. The zero-order chi connectivity index (χ0) is 21.8. The zero-order valence-electron chi connectivity index (χ0n) is 18.9. The summed E-state index contributed by atoms with van der Waals surface area (Å²) in [6.45, 7) is 7.21. The molecule has 4 aromatic rings. The summed E-state index contributed by atoms with van der Waals surface area (Å²) >= 11 is 0. The van der Waals surface area contributed by atoms with Crippen molar-refractivity contribution in [3.63, 3.8) is 0 Å². The Morgan fingerprint density at radius 3 is 2.06 bits per heavy atom. The predicted molar refractivity (Wildman–Crippen MR) is 139 cm³/mol. The van der Waals surface area contributed by atoms with Crippen LogP contribution >= 0.6 is 10.0 Å². The van der Waals surface area contributed by atoms with E-state index in [-0.39, 0.29) is 0 Å². The van der Waals surface area contributed by atoms with Gasteiger partial charge in [-0.2, -0.15) is 10.0 Å². The van der Waals surface area contributed by atoms with Gasteiger partial charge in [0.05, 0.1) is 13.8 Å². The summed E-state index contributed by atoms with van der Waals surface area (Å²) in [6.07, 6.45) is 7.01. The highest BCUT2D eigenvalue weighted by molar-refractivity contribution is 8.33. The molecule has 0 bridgehead atoms. The first-order valence-electron chi connectivity index (χ1n) is 10.8. The minimum Gasteiger partial charge on any atom is -0.256 e. The first-order chi connectivity index (χ1) is 14.8. The molecule has 0 amide bonds. The van der Waals surface area contributed by atoms with Crippen molar-refractivity contribution in [1.29, 1.82) is 0 Å². The van der Waals surface area contributed by atoms with Crippen LogP contribution in [-0.2, 0) is 0 Å². The van der Waals surface area contributed by atoms with Crippen LogP contribution < -0.4 is 5.19 Å². The molecule has 0 atom stereocenters. The lowest BCUT2D eigenvalue weighted by atomic mass is 9.99. The minimum atomic E-state index is -1.54. The second-order valence-corrected chi connectivity index (χ2v) is 18.3. The second kappa shape index (κ2) is 7.22. The number of aromatic nitrogens is 1. The fourth-order valence-electron chi connectivity index (χ4n) is 4.80. The first kappa shape index (κ1) is 20.3. The monoisotopic (exact) mass is 439 g/mol. The van der Waals surface area contributed by atoms with Gasteiger partial charge in [-0.25, -0.2) is 0 Å². The largest absolute Gasteiger partial charge is 0.256 e. The Hall–Kier alpha value is -2.62. The van der Waals surface area contributed by atoms with Crippen molar-refractivity contribution >= 4 is 23.3 Å². The molecular formula is C28H29NSSi. The van der Waals surface area contributed by atoms with E-state index in [0.717, 1.165) is 5.69 Å². The van der Waals surface area contributed by atoms with Crippen molar-refractivity contribution in [2.45, 2.75) is 29.4 Å². The maximum Gasteiger partial charge on any atom is 0.0804 e. The summed E-state index contributed by atoms with van der Waals surface area (Å²) in [5.74, 6) is 0. The van der Waals surface area contributed by atoms with E-state index in [1.54, 1.807) is 0 Å². The summed E-state index contributed by atoms with van der Waals surface area (Å²) < 4.78 is 0. The van der Waals surface area contributed by atoms with Gasteiger partial charge in [-0.1, -0.05) is 86.4 Å². The molecule has 1 aromatic heterocycles. The summed E-state index contributed by atoms with van der Waals surface area (Å²) in [4.78, 5) is 8.02. The molecule has 0 spiro atoms. The van der Waals surface area contributed by atoms with Gasteiger partial charge in [0.15, 0.2) is 0 Å². The molecule has 1 nitrogen and oxygen atoms in total. The van der Waals surface area contributed by atoms with Crippen LogP contribution in [0, 0.1) is 0 Å². The van der Waals surface area contributed by atoms with Gasteiger partial charge in [0.1, 0.15) is 0 Å². The van der Waals surface area contributed by atoms with Gasteiger partial charge in [-0.15, -0.1) is 0 Å². The maximum atomic E-state index is 5.06. The number of benzene rings is 3. The number of pyridine rings is 1. The standard InChI is InChI=1S/C28H29NSSi/c1-30(2)26-17-10-9-14-21(26)22-15-11-16-23(28(22)30)25-18-24(20-12-7-6-8-13-20)27(19-29-25)31(3,4)5/h6-19H,1-5H3. The van der Waals surface area contributed by atoms with E-state index in [1.165, 1.54) is 42.8 Å². The van der Waals surface area contributed by atoms with E-state index in [0.29, 0.717) is 0 Å². The van der Waals surface area contributed by atoms with E-state index in [2.05, 4.69) is 117 Å². The fourth-order valence-corrected chi connectivity index (χ4v) is 9.09. The van der Waals surface area contributed by atoms with Crippen LogP contribution in [0.25, 0.3) is 33.5 Å². The van der Waals surface area contributed by atoms with Crippen LogP contribution in [0.2, 0.25) is 19.6 Å². The number of hydrogen-bond acceptors (Lipinski definition) is 1. The Labute approximate surface area is 188 Å². The third-order valence-corrected chi connectivity index (χ3v) is 11.3. The van der Waals surface area contributed by atoms with Gasteiger partial charge in [-0.05, 0) is 52.1 Å². The van der Waals surface area contributed by atoms with Gasteiger partial charge in [0, 0.05) is 21.6 Å². The molecule has 156 valence electrons. The Kier molecular flexibility index (Phi) is 4.72. The summed E-state index contributed by atoms with van der Waals surface area (Å²) in [7, 11) is -2.63. The molecule has 3 heteroatoms. The van der Waals surface area contributed by atoms with Crippen molar-refractivity contribution in [2.75, 3.05) is 12.5 Å². The quantitative estimate of drug-likeness (QED) is 0.303. The Balaban J connectivity index is 1.76. The molecule has 0 unspecified atom stereocenters. The highest BCUT2D eigenvalue weighted by atomic mass is 32.3. The third kappa shape index (κ3) is 3.27.